The van der Waals surface area contributed by atoms with Crippen LogP contribution in [0.3, 0.4) is 0 Å². The molecule has 0 aromatic carbocycles. The molecule has 0 saturated carbocycles. The number of hydrogen-bond donors (Lipinski definition) is 2. The minimum absolute atomic E-state index is 0.225. The number of carboxylic acids is 1. The van der Waals surface area contributed by atoms with Crippen LogP contribution in [0.2, 0.25) is 0 Å². The first-order valence-electron chi connectivity index (χ1n) is 5.98. The van der Waals surface area contributed by atoms with E-state index in [1.807, 2.05) is 19.3 Å². The Morgan fingerprint density at radius 3 is 2.74 bits per heavy atom. The highest BCUT2D eigenvalue weighted by Crippen LogP contribution is 2.18. The number of carbonyl (C=O) groups is 1. The quantitative estimate of drug-likeness (QED) is 0.834. The van der Waals surface area contributed by atoms with Gasteiger partial charge in [-0.1, -0.05) is 0 Å². The second-order valence-electron chi connectivity index (χ2n) is 4.40. The second kappa shape index (κ2) is 5.13. The molecule has 2 rings (SSSR count). The van der Waals surface area contributed by atoms with Gasteiger partial charge in [0.15, 0.2) is 0 Å². The lowest BCUT2D eigenvalue weighted by molar-refractivity contribution is 0.0697. The average Bonchev–Trinajstić information content (AvgIpc) is 2.84. The maximum atomic E-state index is 11.2. The molecule has 0 aliphatic carbocycles. The molecule has 7 nitrogen and oxygen atoms in total. The third-order valence-corrected chi connectivity index (χ3v) is 2.88. The Labute approximate surface area is 110 Å². The average molecular weight is 263 g/mol. The molecule has 0 radical (unpaired) electrons. The SMILES string of the molecule is Cc1nn(C)c(NCCc2ccn(C)n2)c1C(=O)O. The summed E-state index contributed by atoms with van der Waals surface area (Å²) in [5.41, 5.74) is 1.70. The molecule has 2 N–H and O–H groups in total. The monoisotopic (exact) mass is 263 g/mol. The second-order valence-corrected chi connectivity index (χ2v) is 4.40. The maximum Gasteiger partial charge on any atom is 0.341 e. The molecule has 19 heavy (non-hydrogen) atoms. The fourth-order valence-corrected chi connectivity index (χ4v) is 2.02. The molecule has 0 aliphatic heterocycles. The van der Waals surface area contributed by atoms with E-state index in [-0.39, 0.29) is 5.56 Å². The Morgan fingerprint density at radius 1 is 1.42 bits per heavy atom. The van der Waals surface area contributed by atoms with Crippen molar-refractivity contribution in [1.82, 2.24) is 19.6 Å². The van der Waals surface area contributed by atoms with Crippen LogP contribution in [0.4, 0.5) is 5.82 Å². The summed E-state index contributed by atoms with van der Waals surface area (Å²) in [4.78, 5) is 11.2. The van der Waals surface area contributed by atoms with Gasteiger partial charge in [-0.15, -0.1) is 0 Å². The molecule has 0 spiro atoms. The zero-order chi connectivity index (χ0) is 14.0. The molecule has 7 heteroatoms. The topological polar surface area (TPSA) is 85.0 Å². The maximum absolute atomic E-state index is 11.2. The van der Waals surface area contributed by atoms with Crippen molar-refractivity contribution in [3.05, 3.63) is 29.2 Å². The van der Waals surface area contributed by atoms with Crippen molar-refractivity contribution in [2.45, 2.75) is 13.3 Å². The number of hydrogen-bond acceptors (Lipinski definition) is 4. The van der Waals surface area contributed by atoms with Crippen LogP contribution in [0.15, 0.2) is 12.3 Å². The number of nitrogens with zero attached hydrogens (tertiary/aromatic N) is 4. The summed E-state index contributed by atoms with van der Waals surface area (Å²) in [6, 6.07) is 1.94. The fourth-order valence-electron chi connectivity index (χ4n) is 2.02. The van der Waals surface area contributed by atoms with E-state index in [0.29, 0.717) is 18.1 Å². The molecular formula is C12H17N5O2. The van der Waals surface area contributed by atoms with Crippen molar-refractivity contribution in [3.63, 3.8) is 0 Å². The summed E-state index contributed by atoms with van der Waals surface area (Å²) in [6.45, 7) is 2.30. The van der Waals surface area contributed by atoms with Gasteiger partial charge in [-0.05, 0) is 13.0 Å². The third kappa shape index (κ3) is 2.75. The van der Waals surface area contributed by atoms with Gasteiger partial charge in [-0.3, -0.25) is 9.36 Å². The minimum atomic E-state index is -0.967. The van der Waals surface area contributed by atoms with E-state index in [0.717, 1.165) is 12.1 Å². The first kappa shape index (κ1) is 13.1. The molecule has 2 heterocycles. The van der Waals surface area contributed by atoms with Crippen LogP contribution in [0.5, 0.6) is 0 Å². The Balaban J connectivity index is 2.05. The summed E-state index contributed by atoms with van der Waals surface area (Å²) in [5.74, 6) is -0.438. The Bertz CT molecular complexity index is 599. The number of aryl methyl sites for hydroxylation is 3. The van der Waals surface area contributed by atoms with Gasteiger partial charge in [0.05, 0.1) is 11.4 Å². The number of rotatable bonds is 5. The molecule has 0 unspecified atom stereocenters. The van der Waals surface area contributed by atoms with Gasteiger partial charge >= 0.3 is 5.97 Å². The molecule has 0 saturated heterocycles. The summed E-state index contributed by atoms with van der Waals surface area (Å²) >= 11 is 0. The predicted molar refractivity (Wildman–Crippen MR) is 70.3 cm³/mol. The number of nitrogens with one attached hydrogen (secondary N) is 1. The van der Waals surface area contributed by atoms with Crippen LogP contribution in [0.1, 0.15) is 21.7 Å². The van der Waals surface area contributed by atoms with Gasteiger partial charge in [0.2, 0.25) is 0 Å². The highest BCUT2D eigenvalue weighted by Gasteiger charge is 2.19. The van der Waals surface area contributed by atoms with Crippen LogP contribution in [0.25, 0.3) is 0 Å². The van der Waals surface area contributed by atoms with E-state index in [9.17, 15) is 9.90 Å². The van der Waals surface area contributed by atoms with Crippen molar-refractivity contribution in [2.75, 3.05) is 11.9 Å². The van der Waals surface area contributed by atoms with Crippen molar-refractivity contribution in [2.24, 2.45) is 14.1 Å². The van der Waals surface area contributed by atoms with Crippen molar-refractivity contribution in [1.29, 1.82) is 0 Å². The number of aromatic nitrogens is 4. The third-order valence-electron chi connectivity index (χ3n) is 2.88. The highest BCUT2D eigenvalue weighted by molar-refractivity contribution is 5.94. The number of carboxylic acid groups (broad SMARTS) is 1. The molecule has 2 aromatic rings. The van der Waals surface area contributed by atoms with E-state index in [1.54, 1.807) is 23.3 Å². The highest BCUT2D eigenvalue weighted by atomic mass is 16.4. The van der Waals surface area contributed by atoms with Gasteiger partial charge in [-0.25, -0.2) is 4.79 Å². The minimum Gasteiger partial charge on any atom is -0.477 e. The van der Waals surface area contributed by atoms with Gasteiger partial charge in [0.25, 0.3) is 0 Å². The van der Waals surface area contributed by atoms with E-state index < -0.39 is 5.97 Å². The van der Waals surface area contributed by atoms with E-state index in [2.05, 4.69) is 15.5 Å². The summed E-state index contributed by atoms with van der Waals surface area (Å²) in [6.07, 6.45) is 2.61. The zero-order valence-electron chi connectivity index (χ0n) is 11.2. The molecular weight excluding hydrogens is 246 g/mol. The van der Waals surface area contributed by atoms with Crippen LogP contribution in [-0.2, 0) is 20.5 Å². The Hall–Kier alpha value is -2.31. The molecule has 0 amide bonds. The number of aromatic carboxylic acids is 1. The molecule has 0 fully saturated rings. The summed E-state index contributed by atoms with van der Waals surface area (Å²) in [5, 5.41) is 20.7. The Kier molecular flexibility index (Phi) is 3.55. The van der Waals surface area contributed by atoms with Crippen LogP contribution < -0.4 is 5.32 Å². The zero-order valence-corrected chi connectivity index (χ0v) is 11.2. The van der Waals surface area contributed by atoms with Gasteiger partial charge in [-0.2, -0.15) is 10.2 Å². The standard InChI is InChI=1S/C12H17N5O2/c1-8-10(12(18)19)11(17(3)14-8)13-6-4-9-5-7-16(2)15-9/h5,7,13H,4,6H2,1-3H3,(H,18,19). The molecule has 0 atom stereocenters. The molecule has 2 aromatic heterocycles. The summed E-state index contributed by atoms with van der Waals surface area (Å²) in [7, 11) is 3.59. The summed E-state index contributed by atoms with van der Waals surface area (Å²) < 4.78 is 3.30. The van der Waals surface area contributed by atoms with E-state index in [4.69, 9.17) is 0 Å². The van der Waals surface area contributed by atoms with E-state index >= 15 is 0 Å². The largest absolute Gasteiger partial charge is 0.477 e. The van der Waals surface area contributed by atoms with Gasteiger partial charge in [0.1, 0.15) is 11.4 Å². The first-order chi connectivity index (χ1) is 8.99. The van der Waals surface area contributed by atoms with Gasteiger partial charge in [0, 0.05) is 33.3 Å². The smallest absolute Gasteiger partial charge is 0.341 e. The lowest BCUT2D eigenvalue weighted by Gasteiger charge is -2.06. The van der Waals surface area contributed by atoms with Gasteiger partial charge < -0.3 is 10.4 Å². The van der Waals surface area contributed by atoms with Crippen molar-refractivity contribution >= 4 is 11.8 Å². The van der Waals surface area contributed by atoms with Crippen LogP contribution >= 0.6 is 0 Å². The predicted octanol–water partition coefficient (Wildman–Crippen LogP) is 0.815. The number of anilines is 1. The van der Waals surface area contributed by atoms with Crippen molar-refractivity contribution < 1.29 is 9.90 Å². The van der Waals surface area contributed by atoms with Crippen LogP contribution in [0, 0.1) is 6.92 Å². The molecule has 0 bridgehead atoms. The van der Waals surface area contributed by atoms with E-state index in [1.165, 1.54) is 0 Å². The Morgan fingerprint density at radius 2 is 2.16 bits per heavy atom. The lowest BCUT2D eigenvalue weighted by atomic mass is 10.2. The normalized spacial score (nSPS) is 10.7. The van der Waals surface area contributed by atoms with Crippen LogP contribution in [-0.4, -0.2) is 37.2 Å². The first-order valence-corrected chi connectivity index (χ1v) is 5.98. The fraction of sp³-hybridized carbons (Fsp3) is 0.417. The molecule has 102 valence electrons. The lowest BCUT2D eigenvalue weighted by Crippen LogP contribution is -2.12. The van der Waals surface area contributed by atoms with Crippen molar-refractivity contribution in [3.8, 4) is 0 Å². The molecule has 0 aliphatic rings.